The number of hydrogen-bond donors (Lipinski definition) is 2. The van der Waals surface area contributed by atoms with Crippen LogP contribution in [0, 0.1) is 6.92 Å². The molecule has 168 valence electrons. The summed E-state index contributed by atoms with van der Waals surface area (Å²) in [7, 11) is 0. The molecular formula is C20H24F3N5O3. The Labute approximate surface area is 177 Å². The smallest absolute Gasteiger partial charge is 0.303 e. The lowest BCUT2D eigenvalue weighted by Crippen LogP contribution is -2.39. The molecular weight excluding hydrogens is 415 g/mol. The minimum absolute atomic E-state index is 0.0762. The molecule has 3 heterocycles. The Balaban J connectivity index is 1.89. The fourth-order valence-corrected chi connectivity index (χ4v) is 3.01. The third-order valence-corrected chi connectivity index (χ3v) is 4.44. The number of amides is 1. The summed E-state index contributed by atoms with van der Waals surface area (Å²) in [6.07, 6.45) is 2.19. The fourth-order valence-electron chi connectivity index (χ4n) is 3.01. The first kappa shape index (κ1) is 22.7. The highest BCUT2D eigenvalue weighted by molar-refractivity contribution is 5.88. The van der Waals surface area contributed by atoms with E-state index in [0.717, 1.165) is 0 Å². The summed E-state index contributed by atoms with van der Waals surface area (Å²) in [5, 5.41) is 5.41. The number of nitrogens with zero attached hydrogens (tertiary/aromatic N) is 3. The topological polar surface area (TPSA) is 98.3 Å². The third-order valence-electron chi connectivity index (χ3n) is 4.44. The van der Waals surface area contributed by atoms with Gasteiger partial charge in [0.05, 0.1) is 18.5 Å². The van der Waals surface area contributed by atoms with Crippen LogP contribution in [0.4, 0.5) is 30.5 Å². The molecule has 1 aliphatic rings. The van der Waals surface area contributed by atoms with Gasteiger partial charge in [0.25, 0.3) is 0 Å². The van der Waals surface area contributed by atoms with Gasteiger partial charge in [-0.05, 0) is 19.8 Å². The van der Waals surface area contributed by atoms with E-state index in [-0.39, 0.29) is 42.2 Å². The van der Waals surface area contributed by atoms with Gasteiger partial charge in [-0.25, -0.2) is 19.3 Å². The number of anilines is 3. The lowest BCUT2D eigenvalue weighted by molar-refractivity contribution is -0.114. The molecule has 3 rings (SSSR count). The van der Waals surface area contributed by atoms with E-state index in [1.165, 1.54) is 25.3 Å². The van der Waals surface area contributed by atoms with Crippen LogP contribution in [0.25, 0.3) is 0 Å². The van der Waals surface area contributed by atoms with E-state index in [1.807, 2.05) is 0 Å². The normalized spacial score (nSPS) is 19.0. The first-order chi connectivity index (χ1) is 14.5. The van der Waals surface area contributed by atoms with Gasteiger partial charge in [0, 0.05) is 38.3 Å². The molecule has 2 aromatic heterocycles. The maximum Gasteiger partial charge on any atom is 0.303 e. The van der Waals surface area contributed by atoms with E-state index in [0.29, 0.717) is 32.1 Å². The minimum Gasteiger partial charge on any atom is -0.486 e. The Bertz CT molecular complexity index is 946. The largest absolute Gasteiger partial charge is 0.486 e. The van der Waals surface area contributed by atoms with Gasteiger partial charge in [-0.3, -0.25) is 4.79 Å². The summed E-state index contributed by atoms with van der Waals surface area (Å²) < 4.78 is 53.1. The van der Waals surface area contributed by atoms with Gasteiger partial charge in [-0.2, -0.15) is 8.78 Å². The molecule has 0 aromatic carbocycles. The van der Waals surface area contributed by atoms with Crippen molar-refractivity contribution in [3.05, 3.63) is 29.8 Å². The molecule has 1 amide bonds. The fraction of sp³-hybridized carbons (Fsp3) is 0.500. The van der Waals surface area contributed by atoms with Crippen molar-refractivity contribution < 1.29 is 27.4 Å². The average molecular weight is 439 g/mol. The maximum atomic E-state index is 14.9. The van der Waals surface area contributed by atoms with Crippen molar-refractivity contribution in [1.82, 2.24) is 15.0 Å². The van der Waals surface area contributed by atoms with Crippen LogP contribution in [0.3, 0.4) is 0 Å². The second-order valence-corrected chi connectivity index (χ2v) is 7.57. The Kier molecular flexibility index (Phi) is 6.63. The standard InChI is InChI=1S/C20H24F3N5O3/c1-12-7-17(28-18(25-12)19(3,21)22)27-14-8-16(26-13(2)29)24-9-15(14)31-11-20(23)5-4-6-30-10-20/h7-9H,4-6,10-11H2,1-3H3,(H2,24,25,26,27,28,29)/t20-/m1/s1. The van der Waals surface area contributed by atoms with E-state index in [4.69, 9.17) is 9.47 Å². The van der Waals surface area contributed by atoms with Gasteiger partial charge >= 0.3 is 5.92 Å². The number of alkyl halides is 3. The van der Waals surface area contributed by atoms with Crippen LogP contribution in [0.1, 0.15) is 38.2 Å². The van der Waals surface area contributed by atoms with Crippen molar-refractivity contribution in [2.24, 2.45) is 0 Å². The Hall–Kier alpha value is -2.95. The van der Waals surface area contributed by atoms with Crippen LogP contribution in [0.2, 0.25) is 0 Å². The number of ether oxygens (including phenoxy) is 2. The van der Waals surface area contributed by atoms with E-state index in [1.54, 1.807) is 6.92 Å². The molecule has 8 nitrogen and oxygen atoms in total. The van der Waals surface area contributed by atoms with Crippen LogP contribution in [-0.2, 0) is 15.5 Å². The number of hydrogen-bond acceptors (Lipinski definition) is 7. The molecule has 1 saturated heterocycles. The van der Waals surface area contributed by atoms with Crippen LogP contribution >= 0.6 is 0 Å². The van der Waals surface area contributed by atoms with Gasteiger partial charge < -0.3 is 20.1 Å². The van der Waals surface area contributed by atoms with Gasteiger partial charge in [-0.1, -0.05) is 0 Å². The molecule has 0 bridgehead atoms. The molecule has 1 atom stereocenters. The first-order valence-electron chi connectivity index (χ1n) is 9.72. The van der Waals surface area contributed by atoms with Gasteiger partial charge in [0.1, 0.15) is 18.2 Å². The highest BCUT2D eigenvalue weighted by atomic mass is 19.3. The monoisotopic (exact) mass is 439 g/mol. The summed E-state index contributed by atoms with van der Waals surface area (Å²) in [4.78, 5) is 23.1. The summed E-state index contributed by atoms with van der Waals surface area (Å²) in [5.41, 5.74) is -1.05. The number of carbonyl (C=O) groups is 1. The quantitative estimate of drug-likeness (QED) is 0.675. The molecule has 2 N–H and O–H groups in total. The molecule has 1 fully saturated rings. The second-order valence-electron chi connectivity index (χ2n) is 7.57. The Morgan fingerprint density at radius 1 is 1.32 bits per heavy atom. The highest BCUT2D eigenvalue weighted by Gasteiger charge is 2.34. The molecule has 0 aliphatic carbocycles. The van der Waals surface area contributed by atoms with Crippen LogP contribution in [0.5, 0.6) is 5.75 Å². The molecule has 1 aliphatic heterocycles. The SMILES string of the molecule is CC(=O)Nc1cc(Nc2cc(C)nc(C(C)(F)F)n2)c(OC[C@@]2(F)CCCOC2)cn1. The lowest BCUT2D eigenvalue weighted by Gasteiger charge is -2.29. The van der Waals surface area contributed by atoms with E-state index in [2.05, 4.69) is 25.6 Å². The van der Waals surface area contributed by atoms with Crippen molar-refractivity contribution in [2.75, 3.05) is 30.5 Å². The molecule has 0 spiro atoms. The number of aromatic nitrogens is 3. The van der Waals surface area contributed by atoms with Gasteiger partial charge in [0.15, 0.2) is 11.4 Å². The Morgan fingerprint density at radius 2 is 2.10 bits per heavy atom. The van der Waals surface area contributed by atoms with E-state index >= 15 is 0 Å². The molecule has 2 aromatic rings. The number of halogens is 3. The number of aryl methyl sites for hydroxylation is 1. The summed E-state index contributed by atoms with van der Waals surface area (Å²) in [6, 6.07) is 2.92. The number of nitrogens with one attached hydrogen (secondary N) is 2. The maximum absolute atomic E-state index is 14.9. The van der Waals surface area contributed by atoms with Crippen LogP contribution < -0.4 is 15.4 Å². The molecule has 0 radical (unpaired) electrons. The van der Waals surface area contributed by atoms with Gasteiger partial charge in [-0.15, -0.1) is 0 Å². The predicted octanol–water partition coefficient (Wildman–Crippen LogP) is 3.89. The molecule has 31 heavy (non-hydrogen) atoms. The molecule has 11 heteroatoms. The van der Waals surface area contributed by atoms with E-state index < -0.39 is 17.4 Å². The van der Waals surface area contributed by atoms with Crippen molar-refractivity contribution in [2.45, 2.75) is 45.2 Å². The zero-order chi connectivity index (χ0) is 22.6. The third kappa shape index (κ3) is 6.27. The van der Waals surface area contributed by atoms with Crippen LogP contribution in [-0.4, -0.2) is 46.3 Å². The highest BCUT2D eigenvalue weighted by Crippen LogP contribution is 2.32. The first-order valence-corrected chi connectivity index (χ1v) is 9.72. The number of rotatable bonds is 7. The van der Waals surface area contributed by atoms with Gasteiger partial charge in [0.2, 0.25) is 11.7 Å². The number of pyridine rings is 1. The summed E-state index contributed by atoms with van der Waals surface area (Å²) in [5.74, 6) is -3.77. The minimum atomic E-state index is -3.23. The second kappa shape index (κ2) is 9.04. The van der Waals surface area contributed by atoms with Crippen molar-refractivity contribution >= 4 is 23.2 Å². The van der Waals surface area contributed by atoms with E-state index in [9.17, 15) is 18.0 Å². The predicted molar refractivity (Wildman–Crippen MR) is 108 cm³/mol. The van der Waals surface area contributed by atoms with Crippen molar-refractivity contribution in [3.63, 3.8) is 0 Å². The summed E-state index contributed by atoms with van der Waals surface area (Å²) in [6.45, 7) is 3.73. The molecule has 0 saturated carbocycles. The zero-order valence-corrected chi connectivity index (χ0v) is 17.5. The molecule has 0 unspecified atom stereocenters. The lowest BCUT2D eigenvalue weighted by atomic mass is 10.00. The van der Waals surface area contributed by atoms with Crippen molar-refractivity contribution in [3.8, 4) is 5.75 Å². The Morgan fingerprint density at radius 3 is 2.74 bits per heavy atom. The van der Waals surface area contributed by atoms with Crippen LogP contribution in [0.15, 0.2) is 18.3 Å². The number of carbonyl (C=O) groups excluding carboxylic acids is 1. The average Bonchev–Trinajstić information content (AvgIpc) is 2.66. The zero-order valence-electron chi connectivity index (χ0n) is 17.5. The summed E-state index contributed by atoms with van der Waals surface area (Å²) >= 11 is 0. The van der Waals surface area contributed by atoms with Crippen molar-refractivity contribution in [1.29, 1.82) is 0 Å².